The number of nitrogens with one attached hydrogen (secondary N) is 3. The third kappa shape index (κ3) is 7.59. The van der Waals surface area contributed by atoms with E-state index in [1.165, 1.54) is 25.6 Å². The molecule has 0 aliphatic rings. The SMILES string of the molecule is CSCC[C@H](NC=O)C(=O)NC(C)(C)C(=O)N[C@@H](Cc1ccccc1)C(=O)O. The lowest BCUT2D eigenvalue weighted by Crippen LogP contribution is -2.60. The molecule has 0 heterocycles. The summed E-state index contributed by atoms with van der Waals surface area (Å²) in [6, 6.07) is 7.04. The number of carbonyl (C=O) groups is 4. The number of hydrogen-bond donors (Lipinski definition) is 4. The Morgan fingerprint density at radius 1 is 1.18 bits per heavy atom. The number of carbonyl (C=O) groups excluding carboxylic acids is 3. The Hall–Kier alpha value is -2.55. The van der Waals surface area contributed by atoms with Crippen LogP contribution in [-0.2, 0) is 25.6 Å². The molecule has 0 saturated carbocycles. The number of carboxylic acid groups (broad SMARTS) is 1. The van der Waals surface area contributed by atoms with Crippen molar-refractivity contribution >= 4 is 36.0 Å². The molecule has 4 N–H and O–H groups in total. The minimum absolute atomic E-state index is 0.120. The topological polar surface area (TPSA) is 125 Å². The molecular weight excluding hydrogens is 382 g/mol. The summed E-state index contributed by atoms with van der Waals surface area (Å²) in [7, 11) is 0. The average Bonchev–Trinajstić information content (AvgIpc) is 2.64. The third-order valence-electron chi connectivity index (χ3n) is 4.09. The van der Waals surface area contributed by atoms with Crippen LogP contribution in [0.3, 0.4) is 0 Å². The molecule has 1 rings (SSSR count). The Bertz CT molecular complexity index is 681. The van der Waals surface area contributed by atoms with E-state index in [2.05, 4.69) is 16.0 Å². The Morgan fingerprint density at radius 2 is 1.82 bits per heavy atom. The van der Waals surface area contributed by atoms with Crippen LogP contribution in [0.2, 0.25) is 0 Å². The van der Waals surface area contributed by atoms with E-state index < -0.39 is 35.4 Å². The Morgan fingerprint density at radius 3 is 2.36 bits per heavy atom. The van der Waals surface area contributed by atoms with Gasteiger partial charge in [0.2, 0.25) is 18.2 Å². The van der Waals surface area contributed by atoms with Gasteiger partial charge >= 0.3 is 5.97 Å². The van der Waals surface area contributed by atoms with Crippen LogP contribution >= 0.6 is 11.8 Å². The van der Waals surface area contributed by atoms with Gasteiger partial charge in [-0.3, -0.25) is 14.4 Å². The standard InChI is InChI=1S/C19H27N3O5S/c1-19(2,22-16(24)14(20-12-23)9-10-28-3)18(27)21-15(17(25)26)11-13-7-5-4-6-8-13/h4-8,12,14-15H,9-11H2,1-3H3,(H,20,23)(H,21,27)(H,22,24)(H,25,26)/t14-,15-/m0/s1. The predicted octanol–water partition coefficient (Wildman–Crippen LogP) is 0.561. The number of rotatable bonds is 12. The normalized spacial score (nSPS) is 13.1. The van der Waals surface area contributed by atoms with Crippen molar-refractivity contribution in [2.45, 2.75) is 44.3 Å². The first kappa shape index (κ1) is 23.5. The molecule has 2 atom stereocenters. The van der Waals surface area contributed by atoms with Gasteiger partial charge in [0.1, 0.15) is 17.6 Å². The fourth-order valence-corrected chi connectivity index (χ4v) is 2.92. The molecule has 28 heavy (non-hydrogen) atoms. The molecule has 0 aliphatic carbocycles. The first-order valence-electron chi connectivity index (χ1n) is 8.79. The molecule has 0 spiro atoms. The molecule has 0 bridgehead atoms. The van der Waals surface area contributed by atoms with Crippen LogP contribution in [-0.4, -0.2) is 58.9 Å². The van der Waals surface area contributed by atoms with Gasteiger partial charge < -0.3 is 21.1 Å². The van der Waals surface area contributed by atoms with Gasteiger partial charge in [-0.1, -0.05) is 30.3 Å². The van der Waals surface area contributed by atoms with Crippen molar-refractivity contribution in [3.8, 4) is 0 Å². The molecule has 8 nitrogen and oxygen atoms in total. The maximum absolute atomic E-state index is 12.6. The lowest BCUT2D eigenvalue weighted by molar-refractivity contribution is -0.143. The second kappa shape index (κ2) is 11.3. The van der Waals surface area contributed by atoms with E-state index in [1.807, 2.05) is 12.3 Å². The average molecular weight is 410 g/mol. The molecule has 0 radical (unpaired) electrons. The summed E-state index contributed by atoms with van der Waals surface area (Å²) in [4.78, 5) is 47.3. The van der Waals surface area contributed by atoms with Crippen LogP contribution in [0, 0.1) is 0 Å². The van der Waals surface area contributed by atoms with Crippen LogP contribution in [0.5, 0.6) is 0 Å². The highest BCUT2D eigenvalue weighted by molar-refractivity contribution is 7.98. The van der Waals surface area contributed by atoms with E-state index >= 15 is 0 Å². The number of benzene rings is 1. The van der Waals surface area contributed by atoms with Gasteiger partial charge in [-0.05, 0) is 37.8 Å². The lowest BCUT2D eigenvalue weighted by atomic mass is 10.0. The zero-order valence-corrected chi connectivity index (χ0v) is 17.0. The molecule has 154 valence electrons. The summed E-state index contributed by atoms with van der Waals surface area (Å²) < 4.78 is 0. The zero-order chi connectivity index (χ0) is 21.2. The summed E-state index contributed by atoms with van der Waals surface area (Å²) in [5.41, 5.74) is -0.590. The predicted molar refractivity (Wildman–Crippen MR) is 108 cm³/mol. The number of aliphatic carboxylic acids is 1. The van der Waals surface area contributed by atoms with Crippen molar-refractivity contribution < 1.29 is 24.3 Å². The minimum atomic E-state index is -1.36. The molecule has 1 aromatic carbocycles. The van der Waals surface area contributed by atoms with Crippen molar-refractivity contribution in [2.24, 2.45) is 0 Å². The van der Waals surface area contributed by atoms with Gasteiger partial charge in [-0.15, -0.1) is 0 Å². The van der Waals surface area contributed by atoms with E-state index in [0.717, 1.165) is 5.56 Å². The number of carboxylic acids is 1. The van der Waals surface area contributed by atoms with E-state index in [-0.39, 0.29) is 6.42 Å². The fraction of sp³-hybridized carbons (Fsp3) is 0.474. The van der Waals surface area contributed by atoms with Gasteiger partial charge in [0, 0.05) is 6.42 Å². The van der Waals surface area contributed by atoms with Gasteiger partial charge in [0.05, 0.1) is 0 Å². The highest BCUT2D eigenvalue weighted by Gasteiger charge is 2.34. The van der Waals surface area contributed by atoms with E-state index in [9.17, 15) is 24.3 Å². The Labute approximate surface area is 168 Å². The maximum Gasteiger partial charge on any atom is 0.326 e. The Balaban J connectivity index is 2.78. The quantitative estimate of drug-likeness (QED) is 0.374. The van der Waals surface area contributed by atoms with E-state index in [1.54, 1.807) is 24.3 Å². The van der Waals surface area contributed by atoms with Crippen LogP contribution in [0.4, 0.5) is 0 Å². The highest BCUT2D eigenvalue weighted by Crippen LogP contribution is 2.09. The fourth-order valence-electron chi connectivity index (χ4n) is 2.45. The third-order valence-corrected chi connectivity index (χ3v) is 4.73. The summed E-state index contributed by atoms with van der Waals surface area (Å²) in [6.07, 6.45) is 2.86. The zero-order valence-electron chi connectivity index (χ0n) is 16.2. The monoisotopic (exact) mass is 409 g/mol. The molecular formula is C19H27N3O5S. The molecule has 3 amide bonds. The largest absolute Gasteiger partial charge is 0.480 e. The van der Waals surface area contributed by atoms with Crippen LogP contribution < -0.4 is 16.0 Å². The first-order valence-corrected chi connectivity index (χ1v) is 10.2. The molecule has 9 heteroatoms. The van der Waals surface area contributed by atoms with Crippen LogP contribution in [0.1, 0.15) is 25.8 Å². The van der Waals surface area contributed by atoms with Crippen molar-refractivity contribution in [1.29, 1.82) is 0 Å². The van der Waals surface area contributed by atoms with Crippen LogP contribution in [0.25, 0.3) is 0 Å². The Kier molecular flexibility index (Phi) is 9.50. The van der Waals surface area contributed by atoms with Crippen molar-refractivity contribution in [1.82, 2.24) is 16.0 Å². The molecule has 0 aromatic heterocycles. The van der Waals surface area contributed by atoms with Crippen molar-refractivity contribution in [3.05, 3.63) is 35.9 Å². The smallest absolute Gasteiger partial charge is 0.326 e. The summed E-state index contributed by atoms with van der Waals surface area (Å²) in [5, 5.41) is 16.9. The van der Waals surface area contributed by atoms with Gasteiger partial charge in [-0.25, -0.2) is 4.79 Å². The number of amides is 3. The first-order chi connectivity index (χ1) is 13.2. The molecule has 0 fully saturated rings. The minimum Gasteiger partial charge on any atom is -0.480 e. The second-order valence-corrected chi connectivity index (χ2v) is 7.77. The van der Waals surface area contributed by atoms with Crippen LogP contribution in [0.15, 0.2) is 30.3 Å². The van der Waals surface area contributed by atoms with E-state index in [0.29, 0.717) is 18.6 Å². The summed E-state index contributed by atoms with van der Waals surface area (Å²) in [5.74, 6) is -1.64. The highest BCUT2D eigenvalue weighted by atomic mass is 32.2. The summed E-state index contributed by atoms with van der Waals surface area (Å²) in [6.45, 7) is 2.96. The second-order valence-electron chi connectivity index (χ2n) is 6.79. The number of hydrogen-bond acceptors (Lipinski definition) is 5. The molecule has 0 aliphatic heterocycles. The van der Waals surface area contributed by atoms with Gasteiger partial charge in [0.15, 0.2) is 0 Å². The molecule has 0 saturated heterocycles. The molecule has 0 unspecified atom stereocenters. The van der Waals surface area contributed by atoms with Gasteiger partial charge in [0.25, 0.3) is 0 Å². The van der Waals surface area contributed by atoms with Crippen molar-refractivity contribution in [3.63, 3.8) is 0 Å². The lowest BCUT2D eigenvalue weighted by Gasteiger charge is -2.29. The van der Waals surface area contributed by atoms with Crippen molar-refractivity contribution in [2.75, 3.05) is 12.0 Å². The maximum atomic E-state index is 12.6. The summed E-state index contributed by atoms with van der Waals surface area (Å²) >= 11 is 1.53. The van der Waals surface area contributed by atoms with Gasteiger partial charge in [-0.2, -0.15) is 11.8 Å². The molecule has 1 aromatic rings. The number of thioether (sulfide) groups is 1. The van der Waals surface area contributed by atoms with E-state index in [4.69, 9.17) is 0 Å².